The second kappa shape index (κ2) is 11.0. The fraction of sp³-hybridized carbons (Fsp3) is 0.125. The van der Waals surface area contributed by atoms with Gasteiger partial charge in [-0.1, -0.05) is 88.0 Å². The average molecular weight is 552 g/mol. The number of hydrogen-bond acceptors (Lipinski definition) is 4. The SMILES string of the molecule is Cc1cccc(CSc2nnc(CNC(=O)c3ccc(Cl)c(Cl)c3)n2-c2ccc(Cl)cc2Cl)c1. The molecule has 4 rings (SSSR count). The lowest BCUT2D eigenvalue weighted by Gasteiger charge is -2.13. The smallest absolute Gasteiger partial charge is 0.251 e. The van der Waals surface area contributed by atoms with Gasteiger partial charge >= 0.3 is 0 Å². The van der Waals surface area contributed by atoms with Crippen LogP contribution in [0.1, 0.15) is 27.3 Å². The van der Waals surface area contributed by atoms with E-state index in [9.17, 15) is 4.79 Å². The molecule has 34 heavy (non-hydrogen) atoms. The summed E-state index contributed by atoms with van der Waals surface area (Å²) in [6.07, 6.45) is 0. The molecule has 0 bridgehead atoms. The third-order valence-corrected chi connectivity index (χ3v) is 7.17. The Kier molecular flexibility index (Phi) is 8.06. The summed E-state index contributed by atoms with van der Waals surface area (Å²) < 4.78 is 1.83. The molecule has 0 saturated carbocycles. The maximum Gasteiger partial charge on any atom is 0.251 e. The molecule has 1 N–H and O–H groups in total. The summed E-state index contributed by atoms with van der Waals surface area (Å²) >= 11 is 26.1. The lowest BCUT2D eigenvalue weighted by molar-refractivity contribution is 0.0949. The van der Waals surface area contributed by atoms with Gasteiger partial charge in [-0.15, -0.1) is 10.2 Å². The van der Waals surface area contributed by atoms with E-state index in [2.05, 4.69) is 40.6 Å². The number of carbonyl (C=O) groups excluding carboxylic acids is 1. The van der Waals surface area contributed by atoms with Crippen molar-refractivity contribution in [2.45, 2.75) is 24.4 Å². The number of benzene rings is 3. The van der Waals surface area contributed by atoms with Gasteiger partial charge in [-0.25, -0.2) is 0 Å². The van der Waals surface area contributed by atoms with E-state index in [1.165, 1.54) is 23.4 Å². The quantitative estimate of drug-likeness (QED) is 0.243. The van der Waals surface area contributed by atoms with Gasteiger partial charge in [-0.05, 0) is 48.9 Å². The summed E-state index contributed by atoms with van der Waals surface area (Å²) in [5, 5.41) is 13.8. The second-order valence-electron chi connectivity index (χ2n) is 7.42. The van der Waals surface area contributed by atoms with Crippen LogP contribution >= 0.6 is 58.2 Å². The van der Waals surface area contributed by atoms with E-state index in [0.29, 0.717) is 48.1 Å². The maximum absolute atomic E-state index is 12.7. The van der Waals surface area contributed by atoms with E-state index in [1.54, 1.807) is 30.3 Å². The Hall–Kier alpha value is -2.22. The van der Waals surface area contributed by atoms with Crippen LogP contribution in [0.25, 0.3) is 5.69 Å². The van der Waals surface area contributed by atoms with Crippen LogP contribution in [0.5, 0.6) is 0 Å². The number of hydrogen-bond donors (Lipinski definition) is 1. The van der Waals surface area contributed by atoms with Crippen LogP contribution in [0.4, 0.5) is 0 Å². The summed E-state index contributed by atoms with van der Waals surface area (Å²) in [7, 11) is 0. The molecule has 0 saturated heterocycles. The average Bonchev–Trinajstić information content (AvgIpc) is 3.20. The van der Waals surface area contributed by atoms with E-state index in [1.807, 2.05) is 10.6 Å². The van der Waals surface area contributed by atoms with Crippen LogP contribution in [0, 0.1) is 6.92 Å². The first kappa shape index (κ1) is 24.9. The number of nitrogens with one attached hydrogen (secondary N) is 1. The van der Waals surface area contributed by atoms with Crippen molar-refractivity contribution in [2.75, 3.05) is 0 Å². The van der Waals surface area contributed by atoms with E-state index >= 15 is 0 Å². The number of aryl methyl sites for hydroxylation is 1. The normalized spacial score (nSPS) is 11.0. The van der Waals surface area contributed by atoms with Crippen LogP contribution in [0.3, 0.4) is 0 Å². The van der Waals surface area contributed by atoms with Crippen molar-refractivity contribution in [1.29, 1.82) is 0 Å². The number of thioether (sulfide) groups is 1. The highest BCUT2D eigenvalue weighted by molar-refractivity contribution is 7.98. The minimum atomic E-state index is -0.315. The minimum absolute atomic E-state index is 0.121. The Morgan fingerprint density at radius 3 is 2.50 bits per heavy atom. The molecule has 0 aliphatic heterocycles. The Morgan fingerprint density at radius 2 is 1.76 bits per heavy atom. The van der Waals surface area contributed by atoms with Gasteiger partial charge in [0.15, 0.2) is 11.0 Å². The molecule has 1 amide bonds. The van der Waals surface area contributed by atoms with Gasteiger partial charge in [0.05, 0.1) is 27.3 Å². The molecule has 0 aliphatic carbocycles. The van der Waals surface area contributed by atoms with E-state index in [-0.39, 0.29) is 12.5 Å². The number of rotatable bonds is 7. The van der Waals surface area contributed by atoms with Gasteiger partial charge in [-0.2, -0.15) is 0 Å². The van der Waals surface area contributed by atoms with Crippen molar-refractivity contribution in [1.82, 2.24) is 20.1 Å². The van der Waals surface area contributed by atoms with Crippen molar-refractivity contribution >= 4 is 64.1 Å². The zero-order valence-corrected chi connectivity index (χ0v) is 21.7. The van der Waals surface area contributed by atoms with E-state index in [0.717, 1.165) is 5.56 Å². The van der Waals surface area contributed by atoms with Crippen molar-refractivity contribution in [3.63, 3.8) is 0 Å². The van der Waals surface area contributed by atoms with Crippen LogP contribution in [0.2, 0.25) is 20.1 Å². The predicted octanol–water partition coefficient (Wildman–Crippen LogP) is 7.41. The number of amides is 1. The molecule has 0 radical (unpaired) electrons. The summed E-state index contributed by atoms with van der Waals surface area (Å²) in [6.45, 7) is 2.18. The molecule has 0 aliphatic rings. The molecule has 1 heterocycles. The monoisotopic (exact) mass is 550 g/mol. The number of aromatic nitrogens is 3. The Bertz CT molecular complexity index is 1360. The molecule has 5 nitrogen and oxygen atoms in total. The fourth-order valence-electron chi connectivity index (χ4n) is 3.26. The predicted molar refractivity (Wildman–Crippen MR) is 140 cm³/mol. The molecular formula is C24H18Cl4N4OS. The third kappa shape index (κ3) is 5.88. The molecule has 174 valence electrons. The highest BCUT2D eigenvalue weighted by Gasteiger charge is 2.18. The molecule has 0 unspecified atom stereocenters. The summed E-state index contributed by atoms with van der Waals surface area (Å²) in [4.78, 5) is 12.7. The minimum Gasteiger partial charge on any atom is -0.345 e. The van der Waals surface area contributed by atoms with Crippen LogP contribution < -0.4 is 5.32 Å². The van der Waals surface area contributed by atoms with Gasteiger partial charge in [0.2, 0.25) is 0 Å². The zero-order valence-electron chi connectivity index (χ0n) is 17.9. The lowest BCUT2D eigenvalue weighted by atomic mass is 10.2. The van der Waals surface area contributed by atoms with Crippen molar-refractivity contribution in [2.24, 2.45) is 0 Å². The van der Waals surface area contributed by atoms with Gasteiger partial charge in [0, 0.05) is 16.3 Å². The van der Waals surface area contributed by atoms with Crippen LogP contribution in [0.15, 0.2) is 65.8 Å². The van der Waals surface area contributed by atoms with Gasteiger partial charge in [0.25, 0.3) is 5.91 Å². The first-order valence-corrected chi connectivity index (χ1v) is 12.6. The first-order valence-electron chi connectivity index (χ1n) is 10.1. The fourth-order valence-corrected chi connectivity index (χ4v) is 4.96. The second-order valence-corrected chi connectivity index (χ2v) is 10.0. The maximum atomic E-state index is 12.7. The zero-order chi connectivity index (χ0) is 24.2. The molecule has 10 heteroatoms. The number of nitrogens with zero attached hydrogens (tertiary/aromatic N) is 3. The number of halogens is 4. The molecule has 0 atom stereocenters. The Balaban J connectivity index is 1.61. The van der Waals surface area contributed by atoms with Crippen LogP contribution in [-0.4, -0.2) is 20.7 Å². The third-order valence-electron chi connectivity index (χ3n) is 4.89. The highest BCUT2D eigenvalue weighted by atomic mass is 35.5. The Labute approximate surface area is 221 Å². The lowest BCUT2D eigenvalue weighted by Crippen LogP contribution is -2.24. The summed E-state index contributed by atoms with van der Waals surface area (Å²) in [6, 6.07) is 18.2. The summed E-state index contributed by atoms with van der Waals surface area (Å²) in [5.74, 6) is 0.898. The largest absolute Gasteiger partial charge is 0.345 e. The van der Waals surface area contributed by atoms with Gasteiger partial charge < -0.3 is 5.32 Å². The highest BCUT2D eigenvalue weighted by Crippen LogP contribution is 2.31. The molecule has 3 aromatic carbocycles. The van der Waals surface area contributed by atoms with Gasteiger partial charge in [-0.3, -0.25) is 9.36 Å². The molecule has 4 aromatic rings. The topological polar surface area (TPSA) is 59.8 Å². The molecular weight excluding hydrogens is 534 g/mol. The van der Waals surface area contributed by atoms with E-state index < -0.39 is 0 Å². The van der Waals surface area contributed by atoms with Crippen molar-refractivity contribution in [3.8, 4) is 5.69 Å². The standard InChI is InChI=1S/C24H18Cl4N4OS/c1-14-3-2-4-15(9-14)13-34-24-31-30-22(32(24)21-8-6-17(25)11-20(21)28)12-29-23(33)16-5-7-18(26)19(27)10-16/h2-11H,12-13H2,1H3,(H,29,33). The van der Waals surface area contributed by atoms with E-state index in [4.69, 9.17) is 46.4 Å². The molecule has 0 fully saturated rings. The number of carbonyl (C=O) groups is 1. The first-order chi connectivity index (χ1) is 16.3. The summed E-state index contributed by atoms with van der Waals surface area (Å²) in [5.41, 5.74) is 3.41. The Morgan fingerprint density at radius 1 is 0.941 bits per heavy atom. The molecule has 1 aromatic heterocycles. The van der Waals surface area contributed by atoms with Crippen molar-refractivity contribution < 1.29 is 4.79 Å². The van der Waals surface area contributed by atoms with Gasteiger partial charge in [0.1, 0.15) is 0 Å². The van der Waals surface area contributed by atoms with Crippen LogP contribution in [-0.2, 0) is 12.3 Å². The van der Waals surface area contributed by atoms with Crippen molar-refractivity contribution in [3.05, 3.63) is 103 Å². The molecule has 0 spiro atoms.